The van der Waals surface area contributed by atoms with Gasteiger partial charge in [-0.25, -0.2) is 0 Å². The Hall–Kier alpha value is -1.51. The van der Waals surface area contributed by atoms with Gasteiger partial charge in [0.1, 0.15) is 0 Å². The Morgan fingerprint density at radius 2 is 2.29 bits per heavy atom. The molecule has 0 atom stereocenters. The molecule has 1 aromatic rings. The molecule has 0 aromatic heterocycles. The number of carboxylic acid groups (broad SMARTS) is 1. The quantitative estimate of drug-likeness (QED) is 0.849. The van der Waals surface area contributed by atoms with Crippen LogP contribution in [0, 0.1) is 0 Å². The van der Waals surface area contributed by atoms with Crippen LogP contribution in [0.15, 0.2) is 18.2 Å². The van der Waals surface area contributed by atoms with Gasteiger partial charge in [-0.3, -0.25) is 4.79 Å². The first kappa shape index (κ1) is 12.0. The minimum Gasteiger partial charge on any atom is -0.481 e. The van der Waals surface area contributed by atoms with Crippen LogP contribution in [0.2, 0.25) is 0 Å². The molecule has 0 amide bonds. The number of aliphatic carboxylic acids is 1. The first-order chi connectivity index (χ1) is 8.20. The lowest BCUT2D eigenvalue weighted by molar-refractivity contribution is -0.136. The molecule has 1 heterocycles. The molecular formula is C14H19NO2. The topological polar surface area (TPSA) is 40.5 Å². The minimum atomic E-state index is -0.724. The Balaban J connectivity index is 2.08. The van der Waals surface area contributed by atoms with Gasteiger partial charge in [-0.05, 0) is 36.5 Å². The first-order valence-electron chi connectivity index (χ1n) is 6.29. The van der Waals surface area contributed by atoms with Gasteiger partial charge in [0.25, 0.3) is 0 Å². The molecule has 17 heavy (non-hydrogen) atoms. The zero-order valence-corrected chi connectivity index (χ0v) is 10.3. The highest BCUT2D eigenvalue weighted by molar-refractivity contribution is 5.67. The molecule has 0 unspecified atom stereocenters. The average molecular weight is 233 g/mol. The van der Waals surface area contributed by atoms with E-state index in [4.69, 9.17) is 5.11 Å². The Morgan fingerprint density at radius 1 is 1.47 bits per heavy atom. The monoisotopic (exact) mass is 233 g/mol. The van der Waals surface area contributed by atoms with Crippen molar-refractivity contribution in [2.45, 2.75) is 32.6 Å². The van der Waals surface area contributed by atoms with Crippen LogP contribution in [0.5, 0.6) is 0 Å². The number of nitrogens with zero attached hydrogens (tertiary/aromatic N) is 1. The van der Waals surface area contributed by atoms with E-state index in [1.165, 1.54) is 17.7 Å². The van der Waals surface area contributed by atoms with Crippen molar-refractivity contribution in [2.75, 3.05) is 18.0 Å². The lowest BCUT2D eigenvalue weighted by Gasteiger charge is -2.18. The zero-order chi connectivity index (χ0) is 12.3. The third-order valence-corrected chi connectivity index (χ3v) is 3.26. The largest absolute Gasteiger partial charge is 0.481 e. The zero-order valence-electron chi connectivity index (χ0n) is 10.3. The Bertz CT molecular complexity index is 415. The molecule has 0 fully saturated rings. The van der Waals surface area contributed by atoms with E-state index < -0.39 is 5.97 Å². The highest BCUT2D eigenvalue weighted by Crippen LogP contribution is 2.29. The van der Waals surface area contributed by atoms with Crippen LogP contribution < -0.4 is 4.90 Å². The predicted octanol–water partition coefficient (Wildman–Crippen LogP) is 2.48. The maximum atomic E-state index is 10.5. The van der Waals surface area contributed by atoms with Crippen molar-refractivity contribution in [3.8, 4) is 0 Å². The van der Waals surface area contributed by atoms with E-state index in [0.717, 1.165) is 25.1 Å². The molecule has 1 N–H and O–H groups in total. The fourth-order valence-electron chi connectivity index (χ4n) is 2.43. The summed E-state index contributed by atoms with van der Waals surface area (Å²) in [4.78, 5) is 12.9. The van der Waals surface area contributed by atoms with E-state index in [9.17, 15) is 4.79 Å². The van der Waals surface area contributed by atoms with Crippen molar-refractivity contribution >= 4 is 11.7 Å². The molecule has 0 saturated heterocycles. The summed E-state index contributed by atoms with van der Waals surface area (Å²) in [5.74, 6) is -0.724. The molecule has 0 spiro atoms. The van der Waals surface area contributed by atoms with Gasteiger partial charge in [-0.2, -0.15) is 0 Å². The molecule has 1 aromatic carbocycles. The number of benzene rings is 1. The fourth-order valence-corrected chi connectivity index (χ4v) is 2.43. The van der Waals surface area contributed by atoms with Gasteiger partial charge in [0.05, 0.1) is 0 Å². The van der Waals surface area contributed by atoms with E-state index in [1.807, 2.05) is 0 Å². The third kappa shape index (κ3) is 2.78. The predicted molar refractivity (Wildman–Crippen MR) is 68.6 cm³/mol. The van der Waals surface area contributed by atoms with Crippen molar-refractivity contribution in [1.29, 1.82) is 0 Å². The third-order valence-electron chi connectivity index (χ3n) is 3.26. The molecule has 0 radical (unpaired) electrons. The van der Waals surface area contributed by atoms with Gasteiger partial charge in [-0.1, -0.05) is 19.1 Å². The molecule has 1 aliphatic heterocycles. The van der Waals surface area contributed by atoms with E-state index in [-0.39, 0.29) is 6.42 Å². The summed E-state index contributed by atoms with van der Waals surface area (Å²) in [7, 11) is 0. The average Bonchev–Trinajstić information content (AvgIpc) is 2.70. The smallest absolute Gasteiger partial charge is 0.303 e. The molecule has 0 bridgehead atoms. The fraction of sp³-hybridized carbons (Fsp3) is 0.500. The van der Waals surface area contributed by atoms with Crippen LogP contribution in [-0.2, 0) is 17.6 Å². The highest BCUT2D eigenvalue weighted by Gasteiger charge is 2.18. The molecule has 92 valence electrons. The van der Waals surface area contributed by atoms with E-state index >= 15 is 0 Å². The van der Waals surface area contributed by atoms with Crippen LogP contribution >= 0.6 is 0 Å². The Labute approximate surface area is 102 Å². The number of hydrogen-bond acceptors (Lipinski definition) is 2. The second-order valence-electron chi connectivity index (χ2n) is 4.59. The second-order valence-corrected chi connectivity index (χ2v) is 4.59. The number of hydrogen-bond donors (Lipinski definition) is 1. The molecule has 3 heteroatoms. The van der Waals surface area contributed by atoms with E-state index in [1.54, 1.807) is 0 Å². The van der Waals surface area contributed by atoms with Crippen molar-refractivity contribution in [3.63, 3.8) is 0 Å². The number of carboxylic acids is 1. The van der Waals surface area contributed by atoms with Crippen molar-refractivity contribution in [3.05, 3.63) is 29.3 Å². The molecule has 0 saturated carbocycles. The van der Waals surface area contributed by atoms with Crippen LogP contribution in [0.3, 0.4) is 0 Å². The maximum Gasteiger partial charge on any atom is 0.303 e. The first-order valence-corrected chi connectivity index (χ1v) is 6.29. The van der Waals surface area contributed by atoms with Gasteiger partial charge in [-0.15, -0.1) is 0 Å². The van der Waals surface area contributed by atoms with Crippen molar-refractivity contribution in [1.82, 2.24) is 0 Å². The van der Waals surface area contributed by atoms with Crippen LogP contribution in [0.25, 0.3) is 0 Å². The van der Waals surface area contributed by atoms with Gasteiger partial charge in [0.15, 0.2) is 0 Å². The molecular weight excluding hydrogens is 214 g/mol. The van der Waals surface area contributed by atoms with E-state index in [0.29, 0.717) is 6.42 Å². The number of aryl methyl sites for hydroxylation is 1. The SMILES string of the molecule is CCCN1CCc2cc(CCC(=O)O)ccc21. The van der Waals surface area contributed by atoms with Gasteiger partial charge in [0.2, 0.25) is 0 Å². The van der Waals surface area contributed by atoms with Crippen LogP contribution in [0.1, 0.15) is 30.9 Å². The van der Waals surface area contributed by atoms with Crippen LogP contribution in [-0.4, -0.2) is 24.2 Å². The van der Waals surface area contributed by atoms with Gasteiger partial charge in [0, 0.05) is 25.2 Å². The Kier molecular flexibility index (Phi) is 3.67. The highest BCUT2D eigenvalue weighted by atomic mass is 16.4. The molecule has 2 rings (SSSR count). The maximum absolute atomic E-state index is 10.5. The van der Waals surface area contributed by atoms with E-state index in [2.05, 4.69) is 30.0 Å². The Morgan fingerprint density at radius 3 is 3.00 bits per heavy atom. The summed E-state index contributed by atoms with van der Waals surface area (Å²) in [5, 5.41) is 8.67. The van der Waals surface area contributed by atoms with Crippen LogP contribution in [0.4, 0.5) is 5.69 Å². The number of carbonyl (C=O) groups is 1. The van der Waals surface area contributed by atoms with Crippen molar-refractivity contribution < 1.29 is 9.90 Å². The van der Waals surface area contributed by atoms with Crippen molar-refractivity contribution in [2.24, 2.45) is 0 Å². The number of rotatable bonds is 5. The molecule has 0 aliphatic carbocycles. The summed E-state index contributed by atoms with van der Waals surface area (Å²) in [6.07, 6.45) is 3.12. The van der Waals surface area contributed by atoms with Gasteiger partial charge >= 0.3 is 5.97 Å². The lowest BCUT2D eigenvalue weighted by atomic mass is 10.0. The summed E-state index contributed by atoms with van der Waals surface area (Å²) >= 11 is 0. The standard InChI is InChI=1S/C14H19NO2/c1-2-8-15-9-7-12-10-11(3-5-13(12)15)4-6-14(16)17/h3,5,10H,2,4,6-9H2,1H3,(H,16,17). The summed E-state index contributed by atoms with van der Waals surface area (Å²) in [5.41, 5.74) is 3.86. The minimum absolute atomic E-state index is 0.220. The summed E-state index contributed by atoms with van der Waals surface area (Å²) < 4.78 is 0. The number of fused-ring (bicyclic) bond motifs is 1. The molecule has 1 aliphatic rings. The molecule has 3 nitrogen and oxygen atoms in total. The number of anilines is 1. The normalized spacial score (nSPS) is 13.8. The lowest BCUT2D eigenvalue weighted by Crippen LogP contribution is -2.20. The van der Waals surface area contributed by atoms with Gasteiger partial charge < -0.3 is 10.0 Å². The summed E-state index contributed by atoms with van der Waals surface area (Å²) in [6.45, 7) is 4.41. The summed E-state index contributed by atoms with van der Waals surface area (Å²) in [6, 6.07) is 6.39. The second kappa shape index (κ2) is 5.21.